The molecule has 1 aromatic carbocycles. The van der Waals surface area contributed by atoms with Crippen LogP contribution >= 0.6 is 0 Å². The smallest absolute Gasteiger partial charge is 0.173 e. The summed E-state index contributed by atoms with van der Waals surface area (Å²) in [6.07, 6.45) is 0. The minimum absolute atomic E-state index is 0.0282. The standard InChI is InChI=1S/C13H19NO3/c1-13(2,8-14)12(15)10-6-5-9(16-3)7-11(10)17-4/h5-7H,8,14H2,1-4H3. The van der Waals surface area contributed by atoms with E-state index in [4.69, 9.17) is 15.2 Å². The predicted octanol–water partition coefficient (Wildman–Crippen LogP) is 1.87. The highest BCUT2D eigenvalue weighted by Gasteiger charge is 2.29. The maximum Gasteiger partial charge on any atom is 0.173 e. The summed E-state index contributed by atoms with van der Waals surface area (Å²) in [5.74, 6) is 1.14. The van der Waals surface area contributed by atoms with Crippen molar-refractivity contribution >= 4 is 5.78 Å². The molecule has 4 nitrogen and oxygen atoms in total. The van der Waals surface area contributed by atoms with E-state index in [-0.39, 0.29) is 5.78 Å². The molecule has 0 saturated heterocycles. The van der Waals surface area contributed by atoms with Gasteiger partial charge in [-0.3, -0.25) is 4.79 Å². The number of methoxy groups -OCH3 is 2. The lowest BCUT2D eigenvalue weighted by atomic mass is 9.84. The molecule has 0 atom stereocenters. The summed E-state index contributed by atoms with van der Waals surface area (Å²) in [5, 5.41) is 0. The first kappa shape index (κ1) is 13.5. The van der Waals surface area contributed by atoms with Crippen molar-refractivity contribution in [1.29, 1.82) is 0 Å². The molecule has 94 valence electrons. The van der Waals surface area contributed by atoms with Gasteiger partial charge in [-0.2, -0.15) is 0 Å². The molecule has 0 aliphatic heterocycles. The normalized spacial score (nSPS) is 11.1. The average Bonchev–Trinajstić information content (AvgIpc) is 2.36. The van der Waals surface area contributed by atoms with E-state index in [1.165, 1.54) is 7.11 Å². The highest BCUT2D eigenvalue weighted by molar-refractivity contribution is 6.02. The second-order valence-corrected chi connectivity index (χ2v) is 4.48. The lowest BCUT2D eigenvalue weighted by Crippen LogP contribution is -2.32. The molecule has 0 radical (unpaired) electrons. The van der Waals surface area contributed by atoms with Crippen LogP contribution in [0.15, 0.2) is 18.2 Å². The van der Waals surface area contributed by atoms with Gasteiger partial charge in [-0.25, -0.2) is 0 Å². The minimum atomic E-state index is -0.595. The summed E-state index contributed by atoms with van der Waals surface area (Å²) >= 11 is 0. The molecular formula is C13H19NO3. The van der Waals surface area contributed by atoms with Gasteiger partial charge in [-0.1, -0.05) is 13.8 Å². The van der Waals surface area contributed by atoms with Gasteiger partial charge in [0.25, 0.3) is 0 Å². The van der Waals surface area contributed by atoms with Crippen LogP contribution in [0.4, 0.5) is 0 Å². The van der Waals surface area contributed by atoms with Crippen molar-refractivity contribution in [2.45, 2.75) is 13.8 Å². The second kappa shape index (κ2) is 5.19. The molecule has 1 rings (SSSR count). The third-order valence-corrected chi connectivity index (χ3v) is 2.78. The minimum Gasteiger partial charge on any atom is -0.497 e. The molecule has 0 saturated carbocycles. The topological polar surface area (TPSA) is 61.5 Å². The fourth-order valence-electron chi connectivity index (χ4n) is 1.44. The first-order valence-electron chi connectivity index (χ1n) is 5.43. The van der Waals surface area contributed by atoms with Crippen molar-refractivity contribution < 1.29 is 14.3 Å². The highest BCUT2D eigenvalue weighted by Crippen LogP contribution is 2.30. The molecule has 0 heterocycles. The molecule has 2 N–H and O–H groups in total. The Balaban J connectivity index is 3.18. The Bertz CT molecular complexity index is 413. The fourth-order valence-corrected chi connectivity index (χ4v) is 1.44. The van der Waals surface area contributed by atoms with Crippen molar-refractivity contribution in [3.8, 4) is 11.5 Å². The van der Waals surface area contributed by atoms with Gasteiger partial charge in [0, 0.05) is 18.0 Å². The Morgan fingerprint density at radius 3 is 2.41 bits per heavy atom. The number of hydrogen-bond acceptors (Lipinski definition) is 4. The van der Waals surface area contributed by atoms with Crippen molar-refractivity contribution in [3.05, 3.63) is 23.8 Å². The van der Waals surface area contributed by atoms with Crippen molar-refractivity contribution in [1.82, 2.24) is 0 Å². The number of ether oxygens (including phenoxy) is 2. The van der Waals surface area contributed by atoms with Crippen LogP contribution in [0.3, 0.4) is 0 Å². The van der Waals surface area contributed by atoms with Crippen molar-refractivity contribution in [2.75, 3.05) is 20.8 Å². The van der Waals surface area contributed by atoms with Crippen LogP contribution < -0.4 is 15.2 Å². The average molecular weight is 237 g/mol. The summed E-state index contributed by atoms with van der Waals surface area (Å²) in [4.78, 5) is 12.3. The number of carbonyl (C=O) groups excluding carboxylic acids is 1. The Hall–Kier alpha value is -1.55. The maximum atomic E-state index is 12.3. The van der Waals surface area contributed by atoms with E-state index >= 15 is 0 Å². The van der Waals surface area contributed by atoms with Crippen LogP contribution in [0.25, 0.3) is 0 Å². The highest BCUT2D eigenvalue weighted by atomic mass is 16.5. The van der Waals surface area contributed by atoms with E-state index in [2.05, 4.69) is 0 Å². The maximum absolute atomic E-state index is 12.3. The molecule has 0 bridgehead atoms. The molecule has 0 amide bonds. The van der Waals surface area contributed by atoms with Gasteiger partial charge >= 0.3 is 0 Å². The molecule has 0 aliphatic carbocycles. The first-order valence-corrected chi connectivity index (χ1v) is 5.43. The van der Waals surface area contributed by atoms with Crippen molar-refractivity contribution in [2.24, 2.45) is 11.1 Å². The summed E-state index contributed by atoms with van der Waals surface area (Å²) in [7, 11) is 3.10. The Labute approximate surface area is 102 Å². The Morgan fingerprint density at radius 2 is 1.94 bits per heavy atom. The van der Waals surface area contributed by atoms with Crippen LogP contribution in [0.5, 0.6) is 11.5 Å². The van der Waals surface area contributed by atoms with Crippen LogP contribution in [0.1, 0.15) is 24.2 Å². The van der Waals surface area contributed by atoms with Gasteiger partial charge in [0.05, 0.1) is 19.8 Å². The molecule has 0 aliphatic rings. The molecule has 0 unspecified atom stereocenters. The van der Waals surface area contributed by atoms with E-state index in [0.29, 0.717) is 23.6 Å². The zero-order chi connectivity index (χ0) is 13.1. The van der Waals surface area contributed by atoms with Gasteiger partial charge in [0.1, 0.15) is 11.5 Å². The number of Topliss-reactive ketones (excluding diaryl/α,β-unsaturated/α-hetero) is 1. The summed E-state index contributed by atoms with van der Waals surface area (Å²) in [6, 6.07) is 5.14. The van der Waals surface area contributed by atoms with Gasteiger partial charge in [-0.15, -0.1) is 0 Å². The quantitative estimate of drug-likeness (QED) is 0.794. The lowest BCUT2D eigenvalue weighted by molar-refractivity contribution is 0.0844. The van der Waals surface area contributed by atoms with Crippen LogP contribution in [0.2, 0.25) is 0 Å². The molecule has 0 aromatic heterocycles. The van der Waals surface area contributed by atoms with Gasteiger partial charge in [-0.05, 0) is 12.1 Å². The van der Waals surface area contributed by atoms with Gasteiger partial charge in [0.15, 0.2) is 5.78 Å². The number of ketones is 1. The molecular weight excluding hydrogens is 218 g/mol. The van der Waals surface area contributed by atoms with Crippen LogP contribution in [-0.2, 0) is 0 Å². The largest absolute Gasteiger partial charge is 0.497 e. The fraction of sp³-hybridized carbons (Fsp3) is 0.462. The van der Waals surface area contributed by atoms with E-state index in [1.807, 2.05) is 13.8 Å². The molecule has 0 fully saturated rings. The van der Waals surface area contributed by atoms with E-state index in [9.17, 15) is 4.79 Å². The molecule has 17 heavy (non-hydrogen) atoms. The molecule has 1 aromatic rings. The second-order valence-electron chi connectivity index (χ2n) is 4.48. The van der Waals surface area contributed by atoms with E-state index in [0.717, 1.165) is 0 Å². The third-order valence-electron chi connectivity index (χ3n) is 2.78. The summed E-state index contributed by atoms with van der Waals surface area (Å²) < 4.78 is 10.3. The van der Waals surface area contributed by atoms with Gasteiger partial charge in [0.2, 0.25) is 0 Å². The monoisotopic (exact) mass is 237 g/mol. The number of hydrogen-bond donors (Lipinski definition) is 1. The van der Waals surface area contributed by atoms with Gasteiger partial charge < -0.3 is 15.2 Å². The molecule has 0 spiro atoms. The number of carbonyl (C=O) groups is 1. The lowest BCUT2D eigenvalue weighted by Gasteiger charge is -2.22. The zero-order valence-electron chi connectivity index (χ0n) is 10.7. The zero-order valence-corrected chi connectivity index (χ0v) is 10.7. The molecule has 4 heteroatoms. The number of rotatable bonds is 5. The Morgan fingerprint density at radius 1 is 1.29 bits per heavy atom. The van der Waals surface area contributed by atoms with Crippen LogP contribution in [-0.4, -0.2) is 26.5 Å². The summed E-state index contributed by atoms with van der Waals surface area (Å²) in [6.45, 7) is 3.93. The predicted molar refractivity (Wildman–Crippen MR) is 66.7 cm³/mol. The number of nitrogens with two attached hydrogens (primary N) is 1. The van der Waals surface area contributed by atoms with Crippen molar-refractivity contribution in [3.63, 3.8) is 0 Å². The summed E-state index contributed by atoms with van der Waals surface area (Å²) in [5.41, 5.74) is 5.54. The van der Waals surface area contributed by atoms with E-state index < -0.39 is 5.41 Å². The van der Waals surface area contributed by atoms with Crippen LogP contribution in [0, 0.1) is 5.41 Å². The third kappa shape index (κ3) is 2.77. The van der Waals surface area contributed by atoms with E-state index in [1.54, 1.807) is 25.3 Å². The Kier molecular flexibility index (Phi) is 4.12. The first-order chi connectivity index (χ1) is 7.96. The number of benzene rings is 1. The SMILES string of the molecule is COc1ccc(C(=O)C(C)(C)CN)c(OC)c1.